The highest BCUT2D eigenvalue weighted by molar-refractivity contribution is 6.21. The van der Waals surface area contributed by atoms with Crippen molar-refractivity contribution in [3.63, 3.8) is 0 Å². The van der Waals surface area contributed by atoms with Gasteiger partial charge in [0, 0.05) is 32.2 Å². The molecule has 0 aliphatic heterocycles. The third-order valence-electron chi connectivity index (χ3n) is 3.30. The Morgan fingerprint density at radius 1 is 1.65 bits per heavy atom. The van der Waals surface area contributed by atoms with Gasteiger partial charge in [-0.2, -0.15) is 5.10 Å². The van der Waals surface area contributed by atoms with Crippen LogP contribution in [0.15, 0.2) is 6.20 Å². The topological polar surface area (TPSA) is 38.1 Å². The van der Waals surface area contributed by atoms with Gasteiger partial charge in [0.15, 0.2) is 0 Å². The molecule has 0 spiro atoms. The largest absolute Gasteiger partial charge is 0.341 e. The van der Waals surface area contributed by atoms with Gasteiger partial charge in [-0.25, -0.2) is 0 Å². The van der Waals surface area contributed by atoms with E-state index in [1.54, 1.807) is 15.8 Å². The number of carbonyl (C=O) groups is 1. The highest BCUT2D eigenvalue weighted by atomic mass is 35.5. The van der Waals surface area contributed by atoms with E-state index in [0.717, 1.165) is 25.1 Å². The molecule has 1 amide bonds. The Hall–Kier alpha value is -1.03. The number of hydrogen-bond acceptors (Lipinski definition) is 2. The minimum absolute atomic E-state index is 0.0497. The molecule has 1 aromatic heterocycles. The van der Waals surface area contributed by atoms with Crippen molar-refractivity contribution in [1.82, 2.24) is 14.7 Å². The van der Waals surface area contributed by atoms with Crippen molar-refractivity contribution in [2.24, 2.45) is 13.0 Å². The van der Waals surface area contributed by atoms with Crippen molar-refractivity contribution in [1.29, 1.82) is 0 Å². The molecule has 0 unspecified atom stereocenters. The van der Waals surface area contributed by atoms with Crippen LogP contribution in [-0.4, -0.2) is 39.6 Å². The van der Waals surface area contributed by atoms with Crippen LogP contribution in [-0.2, 0) is 7.05 Å². The summed E-state index contributed by atoms with van der Waals surface area (Å²) in [6, 6.07) is 0. The van der Waals surface area contributed by atoms with Gasteiger partial charge in [-0.05, 0) is 25.7 Å². The van der Waals surface area contributed by atoms with Crippen molar-refractivity contribution < 1.29 is 4.79 Å². The van der Waals surface area contributed by atoms with Crippen LogP contribution in [0.4, 0.5) is 0 Å². The van der Waals surface area contributed by atoms with Crippen molar-refractivity contribution in [2.45, 2.75) is 25.1 Å². The molecule has 0 atom stereocenters. The lowest BCUT2D eigenvalue weighted by Crippen LogP contribution is -2.38. The SMILES string of the molecule is Cc1nn(C)cc1C(=O)N(C)CC1CC(Cl)C1. The van der Waals surface area contributed by atoms with Gasteiger partial charge in [-0.15, -0.1) is 11.6 Å². The highest BCUT2D eigenvalue weighted by Crippen LogP contribution is 2.32. The van der Waals surface area contributed by atoms with E-state index in [1.807, 2.05) is 21.0 Å². The fourth-order valence-corrected chi connectivity index (χ4v) is 2.79. The lowest BCUT2D eigenvalue weighted by Gasteiger charge is -2.34. The molecule has 1 heterocycles. The first-order chi connectivity index (χ1) is 7.97. The number of carbonyl (C=O) groups excluding carboxylic acids is 1. The molecule has 1 saturated carbocycles. The minimum Gasteiger partial charge on any atom is -0.341 e. The van der Waals surface area contributed by atoms with Crippen molar-refractivity contribution in [3.05, 3.63) is 17.5 Å². The van der Waals surface area contributed by atoms with E-state index in [-0.39, 0.29) is 5.91 Å². The van der Waals surface area contributed by atoms with Crippen LogP contribution in [0.5, 0.6) is 0 Å². The first-order valence-corrected chi connectivity index (χ1v) is 6.30. The number of aryl methyl sites for hydroxylation is 2. The first-order valence-electron chi connectivity index (χ1n) is 5.87. The molecule has 1 aliphatic carbocycles. The maximum Gasteiger partial charge on any atom is 0.257 e. The van der Waals surface area contributed by atoms with E-state index >= 15 is 0 Å². The molecule has 4 nitrogen and oxygen atoms in total. The van der Waals surface area contributed by atoms with Crippen LogP contribution in [0, 0.1) is 12.8 Å². The Balaban J connectivity index is 1.97. The van der Waals surface area contributed by atoms with E-state index in [2.05, 4.69) is 5.10 Å². The van der Waals surface area contributed by atoms with Gasteiger partial charge < -0.3 is 4.90 Å². The summed E-state index contributed by atoms with van der Waals surface area (Å²) in [7, 11) is 3.67. The van der Waals surface area contributed by atoms with E-state index in [9.17, 15) is 4.79 Å². The van der Waals surface area contributed by atoms with Crippen molar-refractivity contribution in [3.8, 4) is 0 Å². The summed E-state index contributed by atoms with van der Waals surface area (Å²) in [5.74, 6) is 0.608. The number of halogens is 1. The molecule has 17 heavy (non-hydrogen) atoms. The van der Waals surface area contributed by atoms with Gasteiger partial charge in [-0.3, -0.25) is 9.48 Å². The maximum absolute atomic E-state index is 12.2. The number of amides is 1. The zero-order chi connectivity index (χ0) is 12.6. The van der Waals surface area contributed by atoms with Gasteiger partial charge >= 0.3 is 0 Å². The zero-order valence-electron chi connectivity index (χ0n) is 10.5. The maximum atomic E-state index is 12.2. The molecule has 1 aromatic rings. The minimum atomic E-state index is 0.0497. The average Bonchev–Trinajstić information content (AvgIpc) is 2.54. The summed E-state index contributed by atoms with van der Waals surface area (Å²) in [5, 5.41) is 4.50. The summed E-state index contributed by atoms with van der Waals surface area (Å²) < 4.78 is 1.68. The smallest absolute Gasteiger partial charge is 0.257 e. The van der Waals surface area contributed by atoms with Crippen LogP contribution in [0.2, 0.25) is 0 Å². The second-order valence-corrected chi connectivity index (χ2v) is 5.54. The number of rotatable bonds is 3. The second-order valence-electron chi connectivity index (χ2n) is 4.92. The summed E-state index contributed by atoms with van der Waals surface area (Å²) in [4.78, 5) is 14.0. The van der Waals surface area contributed by atoms with Gasteiger partial charge in [-0.1, -0.05) is 0 Å². The Labute approximate surface area is 107 Å². The predicted molar refractivity (Wildman–Crippen MR) is 67.3 cm³/mol. The van der Waals surface area contributed by atoms with Crippen LogP contribution in [0.1, 0.15) is 28.9 Å². The number of aromatic nitrogens is 2. The molecular formula is C12H18ClN3O. The summed E-state index contributed by atoms with van der Waals surface area (Å²) in [5.41, 5.74) is 1.48. The Morgan fingerprint density at radius 3 is 2.76 bits per heavy atom. The van der Waals surface area contributed by atoms with E-state index in [1.165, 1.54) is 0 Å². The zero-order valence-corrected chi connectivity index (χ0v) is 11.2. The van der Waals surface area contributed by atoms with Crippen LogP contribution in [0.25, 0.3) is 0 Å². The highest BCUT2D eigenvalue weighted by Gasteiger charge is 2.29. The molecule has 0 aromatic carbocycles. The standard InChI is InChI=1S/C12H18ClN3O/c1-8-11(7-16(3)14-8)12(17)15(2)6-9-4-10(13)5-9/h7,9-10H,4-6H2,1-3H3. The van der Waals surface area contributed by atoms with Gasteiger partial charge in [0.25, 0.3) is 5.91 Å². The third-order valence-corrected chi connectivity index (χ3v) is 3.66. The number of nitrogens with zero attached hydrogens (tertiary/aromatic N) is 3. The third kappa shape index (κ3) is 2.63. The molecule has 0 radical (unpaired) electrons. The van der Waals surface area contributed by atoms with E-state index < -0.39 is 0 Å². The Kier molecular flexibility index (Phi) is 3.43. The van der Waals surface area contributed by atoms with Gasteiger partial charge in [0.2, 0.25) is 0 Å². The number of alkyl halides is 1. The Bertz CT molecular complexity index is 423. The lowest BCUT2D eigenvalue weighted by molar-refractivity contribution is 0.0746. The molecule has 1 fully saturated rings. The van der Waals surface area contributed by atoms with Crippen LogP contribution >= 0.6 is 11.6 Å². The molecule has 0 bridgehead atoms. The predicted octanol–water partition coefficient (Wildman–Crippen LogP) is 1.82. The first kappa shape index (κ1) is 12.4. The summed E-state index contributed by atoms with van der Waals surface area (Å²) in [6.45, 7) is 2.65. The summed E-state index contributed by atoms with van der Waals surface area (Å²) >= 11 is 5.94. The quantitative estimate of drug-likeness (QED) is 0.773. The van der Waals surface area contributed by atoms with Crippen LogP contribution < -0.4 is 0 Å². The molecule has 0 saturated heterocycles. The van der Waals surface area contributed by atoms with Crippen molar-refractivity contribution in [2.75, 3.05) is 13.6 Å². The van der Waals surface area contributed by atoms with E-state index in [4.69, 9.17) is 11.6 Å². The van der Waals surface area contributed by atoms with Gasteiger partial charge in [0.05, 0.1) is 11.3 Å². The van der Waals surface area contributed by atoms with E-state index in [0.29, 0.717) is 16.9 Å². The Morgan fingerprint density at radius 2 is 2.29 bits per heavy atom. The van der Waals surface area contributed by atoms with Crippen molar-refractivity contribution >= 4 is 17.5 Å². The molecule has 2 rings (SSSR count). The molecule has 5 heteroatoms. The average molecular weight is 256 g/mol. The molecule has 0 N–H and O–H groups in total. The fourth-order valence-electron chi connectivity index (χ4n) is 2.29. The van der Waals surface area contributed by atoms with Crippen LogP contribution in [0.3, 0.4) is 0 Å². The molecule has 94 valence electrons. The second kappa shape index (κ2) is 4.69. The van der Waals surface area contributed by atoms with Gasteiger partial charge in [0.1, 0.15) is 0 Å². The lowest BCUT2D eigenvalue weighted by atomic mass is 9.84. The summed E-state index contributed by atoms with van der Waals surface area (Å²) in [6.07, 6.45) is 3.82. The molecule has 1 aliphatic rings. The normalized spacial score (nSPS) is 23.3. The number of hydrogen-bond donors (Lipinski definition) is 0. The fraction of sp³-hybridized carbons (Fsp3) is 0.667. The monoisotopic (exact) mass is 255 g/mol. The molecular weight excluding hydrogens is 238 g/mol.